The fourth-order valence-corrected chi connectivity index (χ4v) is 1.62. The first kappa shape index (κ1) is 14.7. The van der Waals surface area contributed by atoms with Crippen molar-refractivity contribution in [2.24, 2.45) is 0 Å². The average molecular weight is 250 g/mol. The topological polar surface area (TPSA) is 41.6 Å². The maximum absolute atomic E-state index is 11.9. The SMILES string of the molecule is COc1cccc(C(=O)CNCCCN(C)C)c1. The highest BCUT2D eigenvalue weighted by atomic mass is 16.5. The monoisotopic (exact) mass is 250 g/mol. The zero-order valence-electron chi connectivity index (χ0n) is 11.4. The van der Waals surface area contributed by atoms with Gasteiger partial charge in [-0.25, -0.2) is 0 Å². The number of hydrogen-bond donors (Lipinski definition) is 1. The molecule has 0 unspecified atom stereocenters. The Morgan fingerprint density at radius 3 is 2.83 bits per heavy atom. The van der Waals surface area contributed by atoms with Crippen LogP contribution in [0.5, 0.6) is 5.75 Å². The third-order valence-corrected chi connectivity index (χ3v) is 2.64. The number of nitrogens with one attached hydrogen (secondary N) is 1. The van der Waals surface area contributed by atoms with Gasteiger partial charge < -0.3 is 15.0 Å². The first-order chi connectivity index (χ1) is 8.63. The molecule has 0 radical (unpaired) electrons. The van der Waals surface area contributed by atoms with Crippen LogP contribution in [-0.2, 0) is 0 Å². The Bertz CT molecular complexity index is 378. The quantitative estimate of drug-likeness (QED) is 0.559. The summed E-state index contributed by atoms with van der Waals surface area (Å²) in [6.45, 7) is 2.26. The van der Waals surface area contributed by atoms with Gasteiger partial charge in [-0.15, -0.1) is 0 Å². The summed E-state index contributed by atoms with van der Waals surface area (Å²) in [6, 6.07) is 7.25. The average Bonchev–Trinajstić information content (AvgIpc) is 2.37. The number of carbonyl (C=O) groups excluding carboxylic acids is 1. The molecule has 1 N–H and O–H groups in total. The van der Waals surface area contributed by atoms with E-state index in [0.29, 0.717) is 17.9 Å². The second-order valence-electron chi connectivity index (χ2n) is 4.49. The highest BCUT2D eigenvalue weighted by Crippen LogP contribution is 2.12. The maximum Gasteiger partial charge on any atom is 0.176 e. The Hall–Kier alpha value is -1.39. The van der Waals surface area contributed by atoms with Gasteiger partial charge in [0.05, 0.1) is 13.7 Å². The first-order valence-corrected chi connectivity index (χ1v) is 6.16. The number of carbonyl (C=O) groups is 1. The smallest absolute Gasteiger partial charge is 0.176 e. The summed E-state index contributed by atoms with van der Waals surface area (Å²) in [5.74, 6) is 0.812. The van der Waals surface area contributed by atoms with Crippen molar-refractivity contribution in [1.82, 2.24) is 10.2 Å². The molecule has 0 spiro atoms. The Balaban J connectivity index is 2.31. The van der Waals surface area contributed by atoms with Crippen molar-refractivity contribution >= 4 is 5.78 Å². The van der Waals surface area contributed by atoms with Crippen molar-refractivity contribution in [2.45, 2.75) is 6.42 Å². The van der Waals surface area contributed by atoms with E-state index in [1.54, 1.807) is 13.2 Å². The molecule has 0 amide bonds. The largest absolute Gasteiger partial charge is 0.497 e. The molecule has 0 fully saturated rings. The van der Waals surface area contributed by atoms with E-state index in [1.165, 1.54) is 0 Å². The molecule has 0 saturated carbocycles. The molecule has 4 nitrogen and oxygen atoms in total. The molecule has 0 atom stereocenters. The van der Waals surface area contributed by atoms with Gasteiger partial charge in [-0.2, -0.15) is 0 Å². The lowest BCUT2D eigenvalue weighted by atomic mass is 10.1. The van der Waals surface area contributed by atoms with E-state index in [0.717, 1.165) is 19.5 Å². The van der Waals surface area contributed by atoms with E-state index in [2.05, 4.69) is 10.2 Å². The summed E-state index contributed by atoms with van der Waals surface area (Å²) >= 11 is 0. The van der Waals surface area contributed by atoms with Crippen molar-refractivity contribution in [1.29, 1.82) is 0 Å². The molecule has 4 heteroatoms. The maximum atomic E-state index is 11.9. The van der Waals surface area contributed by atoms with Crippen LogP contribution in [0.3, 0.4) is 0 Å². The molecular weight excluding hydrogens is 228 g/mol. The van der Waals surface area contributed by atoms with Crippen LogP contribution in [0.4, 0.5) is 0 Å². The van der Waals surface area contributed by atoms with Gasteiger partial charge in [0.25, 0.3) is 0 Å². The predicted molar refractivity (Wildman–Crippen MR) is 73.4 cm³/mol. The number of hydrogen-bond acceptors (Lipinski definition) is 4. The van der Waals surface area contributed by atoms with Crippen molar-refractivity contribution in [3.8, 4) is 5.75 Å². The Morgan fingerprint density at radius 1 is 1.39 bits per heavy atom. The number of Topliss-reactive ketones (excluding diaryl/α,β-unsaturated/α-hetero) is 1. The van der Waals surface area contributed by atoms with Crippen LogP contribution in [0.2, 0.25) is 0 Å². The summed E-state index contributed by atoms with van der Waals surface area (Å²) in [4.78, 5) is 14.0. The molecule has 0 saturated heterocycles. The van der Waals surface area contributed by atoms with Gasteiger partial charge in [0.1, 0.15) is 5.75 Å². The lowest BCUT2D eigenvalue weighted by Crippen LogP contribution is -2.26. The lowest BCUT2D eigenvalue weighted by Gasteiger charge is -2.09. The van der Waals surface area contributed by atoms with Crippen molar-refractivity contribution in [3.05, 3.63) is 29.8 Å². The van der Waals surface area contributed by atoms with E-state index < -0.39 is 0 Å². The summed E-state index contributed by atoms with van der Waals surface area (Å²) in [5.41, 5.74) is 0.689. The van der Waals surface area contributed by atoms with E-state index in [1.807, 2.05) is 32.3 Å². The molecule has 1 rings (SSSR count). The minimum Gasteiger partial charge on any atom is -0.497 e. The minimum absolute atomic E-state index is 0.0961. The number of nitrogens with zero attached hydrogens (tertiary/aromatic N) is 1. The van der Waals surface area contributed by atoms with Crippen LogP contribution in [0.1, 0.15) is 16.8 Å². The number of rotatable bonds is 8. The molecule has 1 aromatic rings. The van der Waals surface area contributed by atoms with Gasteiger partial charge in [-0.1, -0.05) is 12.1 Å². The second-order valence-corrected chi connectivity index (χ2v) is 4.49. The van der Waals surface area contributed by atoms with Crippen LogP contribution in [-0.4, -0.2) is 51.5 Å². The van der Waals surface area contributed by atoms with Crippen LogP contribution >= 0.6 is 0 Å². The Morgan fingerprint density at radius 2 is 2.17 bits per heavy atom. The van der Waals surface area contributed by atoms with E-state index in [4.69, 9.17) is 4.74 Å². The van der Waals surface area contributed by atoms with Gasteiger partial charge in [0.15, 0.2) is 5.78 Å². The van der Waals surface area contributed by atoms with E-state index >= 15 is 0 Å². The molecule has 0 heterocycles. The zero-order valence-corrected chi connectivity index (χ0v) is 11.4. The van der Waals surface area contributed by atoms with Gasteiger partial charge >= 0.3 is 0 Å². The normalized spacial score (nSPS) is 10.7. The summed E-state index contributed by atoms with van der Waals surface area (Å²) in [7, 11) is 5.69. The zero-order chi connectivity index (χ0) is 13.4. The summed E-state index contributed by atoms with van der Waals surface area (Å²) < 4.78 is 5.10. The third-order valence-electron chi connectivity index (χ3n) is 2.64. The summed E-state index contributed by atoms with van der Waals surface area (Å²) in [6.07, 6.45) is 1.04. The highest BCUT2D eigenvalue weighted by Gasteiger charge is 2.05. The molecular formula is C14H22N2O2. The molecule has 1 aromatic carbocycles. The van der Waals surface area contributed by atoms with E-state index in [9.17, 15) is 4.79 Å². The first-order valence-electron chi connectivity index (χ1n) is 6.16. The van der Waals surface area contributed by atoms with Crippen LogP contribution in [0.15, 0.2) is 24.3 Å². The van der Waals surface area contributed by atoms with Crippen molar-refractivity contribution in [2.75, 3.05) is 40.8 Å². The minimum atomic E-state index is 0.0961. The van der Waals surface area contributed by atoms with Crippen LogP contribution in [0.25, 0.3) is 0 Å². The van der Waals surface area contributed by atoms with Crippen molar-refractivity contribution in [3.63, 3.8) is 0 Å². The van der Waals surface area contributed by atoms with Gasteiger partial charge in [-0.3, -0.25) is 4.79 Å². The molecule has 0 aliphatic rings. The van der Waals surface area contributed by atoms with E-state index in [-0.39, 0.29) is 5.78 Å². The molecule has 0 aliphatic carbocycles. The highest BCUT2D eigenvalue weighted by molar-refractivity contribution is 5.97. The van der Waals surface area contributed by atoms with Crippen LogP contribution < -0.4 is 10.1 Å². The Kier molecular flexibility index (Phi) is 6.39. The Labute approximate surface area is 109 Å². The van der Waals surface area contributed by atoms with Gasteiger partial charge in [0, 0.05) is 5.56 Å². The van der Waals surface area contributed by atoms with Gasteiger partial charge in [-0.05, 0) is 45.7 Å². The van der Waals surface area contributed by atoms with Gasteiger partial charge in [0.2, 0.25) is 0 Å². The molecule has 0 bridgehead atoms. The van der Waals surface area contributed by atoms with Crippen LogP contribution in [0, 0.1) is 0 Å². The number of ether oxygens (including phenoxy) is 1. The standard InChI is InChI=1S/C14H22N2O2/c1-16(2)9-5-8-15-11-14(17)12-6-4-7-13(10-12)18-3/h4,6-7,10,15H,5,8-9,11H2,1-3H3. The molecule has 0 aromatic heterocycles. The predicted octanol–water partition coefficient (Wildman–Crippen LogP) is 1.42. The number of ketones is 1. The lowest BCUT2D eigenvalue weighted by molar-refractivity contribution is 0.0990. The third kappa shape index (κ3) is 5.29. The van der Waals surface area contributed by atoms with Crippen molar-refractivity contribution < 1.29 is 9.53 Å². The molecule has 100 valence electrons. The second kappa shape index (κ2) is 7.84. The number of benzene rings is 1. The molecule has 18 heavy (non-hydrogen) atoms. The number of methoxy groups -OCH3 is 1. The fraction of sp³-hybridized carbons (Fsp3) is 0.500. The molecule has 0 aliphatic heterocycles. The fourth-order valence-electron chi connectivity index (χ4n) is 1.62. The summed E-state index contributed by atoms with van der Waals surface area (Å²) in [5, 5.41) is 3.16.